The Balaban J connectivity index is 1.43. The van der Waals surface area contributed by atoms with E-state index in [1.807, 2.05) is 4.90 Å². The lowest BCUT2D eigenvalue weighted by molar-refractivity contribution is -0.128. The van der Waals surface area contributed by atoms with Crippen molar-refractivity contribution in [2.75, 3.05) is 26.2 Å². The second-order valence-corrected chi connectivity index (χ2v) is 8.46. The fourth-order valence-electron chi connectivity index (χ4n) is 4.68. The van der Waals surface area contributed by atoms with Crippen LogP contribution in [-0.4, -0.2) is 47.9 Å². The van der Waals surface area contributed by atoms with Crippen molar-refractivity contribution >= 4 is 5.91 Å². The molecule has 0 aromatic heterocycles. The molecule has 2 aromatic rings. The molecule has 0 aliphatic carbocycles. The Bertz CT molecular complexity index is 827. The largest absolute Gasteiger partial charge is 0.342 e. The van der Waals surface area contributed by atoms with Gasteiger partial charge in [-0.05, 0) is 73.4 Å². The maximum absolute atomic E-state index is 11.7. The number of rotatable bonds is 4. The number of hydrogen-bond donors (Lipinski definition) is 0. The summed E-state index contributed by atoms with van der Waals surface area (Å²) in [5.41, 5.74) is 6.79. The van der Waals surface area contributed by atoms with Crippen molar-refractivity contribution in [3.05, 3.63) is 59.2 Å². The van der Waals surface area contributed by atoms with E-state index in [1.54, 1.807) is 6.92 Å². The summed E-state index contributed by atoms with van der Waals surface area (Å²) in [6, 6.07) is 16.7. The summed E-state index contributed by atoms with van der Waals surface area (Å²) < 4.78 is 0. The molecule has 0 unspecified atom stereocenters. The monoisotopic (exact) mass is 376 g/mol. The summed E-state index contributed by atoms with van der Waals surface area (Å²) in [6.45, 7) is 8.13. The first-order valence-electron chi connectivity index (χ1n) is 10.8. The maximum atomic E-state index is 11.7. The molecule has 2 aromatic carbocycles. The molecule has 0 saturated carbocycles. The van der Waals surface area contributed by atoms with Crippen molar-refractivity contribution in [3.63, 3.8) is 0 Å². The van der Waals surface area contributed by atoms with E-state index in [1.165, 1.54) is 53.7 Å². The van der Waals surface area contributed by atoms with Crippen molar-refractivity contribution < 1.29 is 4.79 Å². The molecule has 1 fully saturated rings. The topological polar surface area (TPSA) is 23.6 Å². The molecule has 1 amide bonds. The van der Waals surface area contributed by atoms with Crippen molar-refractivity contribution in [3.8, 4) is 11.1 Å². The smallest absolute Gasteiger partial charge is 0.219 e. The van der Waals surface area contributed by atoms with Gasteiger partial charge in [0, 0.05) is 32.6 Å². The molecule has 3 nitrogen and oxygen atoms in total. The highest BCUT2D eigenvalue weighted by Crippen LogP contribution is 2.26. The third kappa shape index (κ3) is 4.30. The highest BCUT2D eigenvalue weighted by molar-refractivity contribution is 5.73. The molecule has 0 spiro atoms. The number of fused-ring (bicyclic) bond motifs is 1. The lowest BCUT2D eigenvalue weighted by Crippen LogP contribution is -2.30. The van der Waals surface area contributed by atoms with Crippen molar-refractivity contribution in [2.24, 2.45) is 0 Å². The molecular weight excluding hydrogens is 344 g/mol. The number of amides is 1. The average molecular weight is 377 g/mol. The molecule has 2 aliphatic rings. The normalized spacial score (nSPS) is 20.1. The van der Waals surface area contributed by atoms with Crippen LogP contribution in [0.4, 0.5) is 0 Å². The van der Waals surface area contributed by atoms with Gasteiger partial charge in [-0.2, -0.15) is 0 Å². The standard InChI is InChI=1S/C25H32N2O/c1-19-4-3-14-26(19)15-11-21-5-7-22(8-6-21)24-10-9-23-12-16-27(20(2)28)17-13-25(23)18-24/h5-10,18-19H,3-4,11-17H2,1-2H3/t19-/m1/s1. The molecule has 28 heavy (non-hydrogen) atoms. The van der Waals surface area contributed by atoms with Gasteiger partial charge in [0.2, 0.25) is 5.91 Å². The summed E-state index contributed by atoms with van der Waals surface area (Å²) in [5.74, 6) is 0.187. The summed E-state index contributed by atoms with van der Waals surface area (Å²) in [5, 5.41) is 0. The summed E-state index contributed by atoms with van der Waals surface area (Å²) in [7, 11) is 0. The molecule has 2 aliphatic heterocycles. The molecular formula is C25H32N2O. The van der Waals surface area contributed by atoms with Gasteiger partial charge in [-0.3, -0.25) is 4.79 Å². The summed E-state index contributed by atoms with van der Waals surface area (Å²) in [4.78, 5) is 16.3. The van der Waals surface area contributed by atoms with Crippen molar-refractivity contribution in [1.29, 1.82) is 0 Å². The average Bonchev–Trinajstić information content (AvgIpc) is 2.99. The molecule has 4 rings (SSSR count). The zero-order chi connectivity index (χ0) is 19.5. The number of carbonyl (C=O) groups is 1. The van der Waals surface area contributed by atoms with Crippen molar-refractivity contribution in [2.45, 2.75) is 52.0 Å². The molecule has 1 atom stereocenters. The minimum atomic E-state index is 0.187. The van der Waals surface area contributed by atoms with Crippen LogP contribution in [0, 0.1) is 0 Å². The van der Waals surface area contributed by atoms with Crippen LogP contribution in [-0.2, 0) is 24.1 Å². The van der Waals surface area contributed by atoms with Crippen LogP contribution in [0.15, 0.2) is 42.5 Å². The fourth-order valence-corrected chi connectivity index (χ4v) is 4.68. The van der Waals surface area contributed by atoms with Gasteiger partial charge in [0.25, 0.3) is 0 Å². The summed E-state index contributed by atoms with van der Waals surface area (Å²) in [6.07, 6.45) is 5.75. The van der Waals surface area contributed by atoms with Crippen LogP contribution in [0.25, 0.3) is 11.1 Å². The van der Waals surface area contributed by atoms with E-state index >= 15 is 0 Å². The van der Waals surface area contributed by atoms with Crippen LogP contribution < -0.4 is 0 Å². The fraction of sp³-hybridized carbons (Fsp3) is 0.480. The minimum absolute atomic E-state index is 0.187. The van der Waals surface area contributed by atoms with E-state index in [9.17, 15) is 4.79 Å². The second-order valence-electron chi connectivity index (χ2n) is 8.46. The molecule has 2 heterocycles. The number of benzene rings is 2. The zero-order valence-corrected chi connectivity index (χ0v) is 17.3. The van der Waals surface area contributed by atoms with E-state index in [0.717, 1.165) is 38.4 Å². The van der Waals surface area contributed by atoms with Gasteiger partial charge in [0.15, 0.2) is 0 Å². The zero-order valence-electron chi connectivity index (χ0n) is 17.3. The minimum Gasteiger partial charge on any atom is -0.342 e. The third-order valence-corrected chi connectivity index (χ3v) is 6.62. The third-order valence-electron chi connectivity index (χ3n) is 6.62. The lowest BCUT2D eigenvalue weighted by Gasteiger charge is -2.20. The number of carbonyl (C=O) groups excluding carboxylic acids is 1. The van der Waals surface area contributed by atoms with Gasteiger partial charge in [-0.15, -0.1) is 0 Å². The van der Waals surface area contributed by atoms with Gasteiger partial charge in [-0.1, -0.05) is 42.5 Å². The highest BCUT2D eigenvalue weighted by atomic mass is 16.2. The Labute approximate surface area is 169 Å². The lowest BCUT2D eigenvalue weighted by atomic mass is 9.96. The Hall–Kier alpha value is -2.13. The van der Waals surface area contributed by atoms with E-state index in [4.69, 9.17) is 0 Å². The van der Waals surface area contributed by atoms with E-state index in [-0.39, 0.29) is 5.91 Å². The van der Waals surface area contributed by atoms with Crippen LogP contribution in [0.5, 0.6) is 0 Å². The van der Waals surface area contributed by atoms with Gasteiger partial charge in [0.05, 0.1) is 0 Å². The molecule has 1 saturated heterocycles. The van der Waals surface area contributed by atoms with Gasteiger partial charge in [0.1, 0.15) is 0 Å². The van der Waals surface area contributed by atoms with Crippen molar-refractivity contribution in [1.82, 2.24) is 9.80 Å². The van der Waals surface area contributed by atoms with Crippen LogP contribution >= 0.6 is 0 Å². The van der Waals surface area contributed by atoms with Crippen LogP contribution in [0.3, 0.4) is 0 Å². The highest BCUT2D eigenvalue weighted by Gasteiger charge is 2.19. The molecule has 0 bridgehead atoms. The number of nitrogens with zero attached hydrogens (tertiary/aromatic N) is 2. The van der Waals surface area contributed by atoms with Crippen LogP contribution in [0.1, 0.15) is 43.4 Å². The van der Waals surface area contributed by atoms with E-state index in [2.05, 4.69) is 54.3 Å². The summed E-state index contributed by atoms with van der Waals surface area (Å²) >= 11 is 0. The Morgan fingerprint density at radius 1 is 0.964 bits per heavy atom. The molecule has 148 valence electrons. The van der Waals surface area contributed by atoms with E-state index < -0.39 is 0 Å². The first kappa shape index (κ1) is 19.2. The maximum Gasteiger partial charge on any atom is 0.219 e. The van der Waals surface area contributed by atoms with Gasteiger partial charge >= 0.3 is 0 Å². The van der Waals surface area contributed by atoms with E-state index in [0.29, 0.717) is 0 Å². The predicted octanol–water partition coefficient (Wildman–Crippen LogP) is 4.33. The Kier molecular flexibility index (Phi) is 5.82. The number of likely N-dealkylation sites (tertiary alicyclic amines) is 1. The predicted molar refractivity (Wildman–Crippen MR) is 116 cm³/mol. The molecule has 3 heteroatoms. The Morgan fingerprint density at radius 2 is 1.68 bits per heavy atom. The van der Waals surface area contributed by atoms with Crippen LogP contribution in [0.2, 0.25) is 0 Å². The van der Waals surface area contributed by atoms with Gasteiger partial charge in [-0.25, -0.2) is 0 Å². The Morgan fingerprint density at radius 3 is 2.36 bits per heavy atom. The molecule has 0 radical (unpaired) electrons. The number of hydrogen-bond acceptors (Lipinski definition) is 2. The first-order chi connectivity index (χ1) is 13.6. The van der Waals surface area contributed by atoms with Gasteiger partial charge < -0.3 is 9.80 Å². The second kappa shape index (κ2) is 8.48. The first-order valence-corrected chi connectivity index (χ1v) is 10.8. The molecule has 0 N–H and O–H groups in total. The quantitative estimate of drug-likeness (QED) is 0.793. The SMILES string of the molecule is CC(=O)N1CCc2ccc(-c3ccc(CCN4CCC[C@H]4C)cc3)cc2CC1.